The van der Waals surface area contributed by atoms with Crippen molar-refractivity contribution in [1.82, 2.24) is 4.98 Å². The molecule has 2 N–H and O–H groups in total. The van der Waals surface area contributed by atoms with Crippen LogP contribution in [0.2, 0.25) is 0 Å². The van der Waals surface area contributed by atoms with E-state index >= 15 is 0 Å². The molecule has 1 heterocycles. The summed E-state index contributed by atoms with van der Waals surface area (Å²) in [4.78, 5) is 3.40. The van der Waals surface area contributed by atoms with Gasteiger partial charge in [-0.15, -0.1) is 0 Å². The molecule has 0 aliphatic rings. The normalized spacial score (nSPS) is 11.0. The maximum absolute atomic E-state index is 3.41. The van der Waals surface area contributed by atoms with Crippen molar-refractivity contribution in [2.24, 2.45) is 0 Å². The van der Waals surface area contributed by atoms with Crippen LogP contribution in [-0.4, -0.2) is 10.7 Å². The molecule has 0 atom stereocenters. The summed E-state index contributed by atoms with van der Waals surface area (Å²) >= 11 is 1.79. The summed E-state index contributed by atoms with van der Waals surface area (Å²) in [5.74, 6) is 1.17. The number of H-pyrrole nitrogens is 1. The Labute approximate surface area is 107 Å². The van der Waals surface area contributed by atoms with Crippen molar-refractivity contribution in [2.75, 3.05) is 10.5 Å². The molecule has 0 aliphatic heterocycles. The number of anilines is 1. The first-order valence-electron chi connectivity index (χ1n) is 6.19. The van der Waals surface area contributed by atoms with Gasteiger partial charge in [0.05, 0.1) is 0 Å². The van der Waals surface area contributed by atoms with E-state index in [0.29, 0.717) is 0 Å². The molecule has 92 valence electrons. The van der Waals surface area contributed by atoms with Gasteiger partial charge in [-0.2, -0.15) is 0 Å². The minimum Gasteiger partial charge on any atom is -0.358 e. The molecule has 2 aromatic rings. The van der Waals surface area contributed by atoms with Crippen LogP contribution in [-0.2, 0) is 0 Å². The Morgan fingerprint density at radius 1 is 1.29 bits per heavy atom. The molecule has 1 aromatic carbocycles. The fraction of sp³-hybridized carbons (Fsp3) is 0.429. The van der Waals surface area contributed by atoms with Crippen molar-refractivity contribution in [1.29, 1.82) is 0 Å². The Kier molecular flexibility index (Phi) is 4.00. The van der Waals surface area contributed by atoms with Gasteiger partial charge in [-0.05, 0) is 44.0 Å². The summed E-state index contributed by atoms with van der Waals surface area (Å²) in [5, 5.41) is 1.32. The highest BCUT2D eigenvalue weighted by atomic mass is 32.2. The number of nitrogens with one attached hydrogen (secondary N) is 2. The third kappa shape index (κ3) is 2.78. The number of aromatic amines is 1. The maximum atomic E-state index is 3.41. The fourth-order valence-electron chi connectivity index (χ4n) is 1.88. The summed E-state index contributed by atoms with van der Waals surface area (Å²) in [6.45, 7) is 6.51. The van der Waals surface area contributed by atoms with E-state index in [1.807, 2.05) is 0 Å². The van der Waals surface area contributed by atoms with Crippen molar-refractivity contribution >= 4 is 28.5 Å². The van der Waals surface area contributed by atoms with E-state index in [2.05, 4.69) is 48.7 Å². The second kappa shape index (κ2) is 5.50. The van der Waals surface area contributed by atoms with Crippen molar-refractivity contribution < 1.29 is 0 Å². The first-order valence-corrected chi connectivity index (χ1v) is 7.17. The van der Waals surface area contributed by atoms with Gasteiger partial charge in [-0.25, -0.2) is 0 Å². The van der Waals surface area contributed by atoms with Crippen LogP contribution >= 0.6 is 11.9 Å². The van der Waals surface area contributed by atoms with Gasteiger partial charge < -0.3 is 9.71 Å². The minimum atomic E-state index is 1.17. The number of aryl methyl sites for hydroxylation is 2. The highest BCUT2D eigenvalue weighted by Gasteiger charge is 2.04. The number of benzene rings is 1. The lowest BCUT2D eigenvalue weighted by atomic mass is 10.1. The Morgan fingerprint density at radius 3 is 2.88 bits per heavy atom. The molecule has 2 rings (SSSR count). The van der Waals surface area contributed by atoms with Crippen molar-refractivity contribution in [3.05, 3.63) is 29.5 Å². The largest absolute Gasteiger partial charge is 0.358 e. The van der Waals surface area contributed by atoms with Crippen LogP contribution in [0.4, 0.5) is 5.69 Å². The second-order valence-corrected chi connectivity index (χ2v) is 5.34. The monoisotopic (exact) mass is 248 g/mol. The van der Waals surface area contributed by atoms with Crippen LogP contribution in [0, 0.1) is 13.8 Å². The number of fused-ring (bicyclic) bond motifs is 1. The fourth-order valence-corrected chi connectivity index (χ4v) is 2.70. The molecule has 0 fully saturated rings. The minimum absolute atomic E-state index is 1.17. The molecule has 2 nitrogen and oxygen atoms in total. The smallest absolute Gasteiger partial charge is 0.0460 e. The third-order valence-electron chi connectivity index (χ3n) is 3.10. The molecule has 0 radical (unpaired) electrons. The van der Waals surface area contributed by atoms with Crippen LogP contribution in [0.25, 0.3) is 10.9 Å². The summed E-state index contributed by atoms with van der Waals surface area (Å²) in [6, 6.07) is 6.52. The predicted octanol–water partition coefficient (Wildman–Crippen LogP) is 4.64. The summed E-state index contributed by atoms with van der Waals surface area (Å²) in [7, 11) is 0. The van der Waals surface area contributed by atoms with E-state index in [0.717, 1.165) is 0 Å². The van der Waals surface area contributed by atoms with E-state index < -0.39 is 0 Å². The molecule has 0 aliphatic carbocycles. The van der Waals surface area contributed by atoms with Gasteiger partial charge >= 0.3 is 0 Å². The second-order valence-electron chi connectivity index (χ2n) is 4.44. The number of aromatic nitrogens is 1. The topological polar surface area (TPSA) is 27.8 Å². The van der Waals surface area contributed by atoms with E-state index in [9.17, 15) is 0 Å². The first-order chi connectivity index (χ1) is 8.22. The van der Waals surface area contributed by atoms with Gasteiger partial charge in [0.2, 0.25) is 0 Å². The summed E-state index contributed by atoms with van der Waals surface area (Å²) < 4.78 is 3.41. The highest BCUT2D eigenvalue weighted by Crippen LogP contribution is 2.25. The predicted molar refractivity (Wildman–Crippen MR) is 78.8 cm³/mol. The molecule has 0 spiro atoms. The molecule has 1 aromatic heterocycles. The Bertz CT molecular complexity index is 502. The number of rotatable bonds is 5. The van der Waals surface area contributed by atoms with Gasteiger partial charge in [-0.1, -0.05) is 25.3 Å². The number of hydrogen-bond donors (Lipinski definition) is 2. The zero-order chi connectivity index (χ0) is 12.3. The quantitative estimate of drug-likeness (QED) is 0.595. The van der Waals surface area contributed by atoms with E-state index in [4.69, 9.17) is 0 Å². The van der Waals surface area contributed by atoms with Crippen molar-refractivity contribution in [3.8, 4) is 0 Å². The molecule has 0 unspecified atom stereocenters. The number of unbranched alkanes of at least 4 members (excludes halogenated alkanes) is 1. The first kappa shape index (κ1) is 12.4. The lowest BCUT2D eigenvalue weighted by Gasteiger charge is -2.05. The number of hydrogen-bond acceptors (Lipinski definition) is 2. The molecule has 3 heteroatoms. The SMILES string of the molecule is CCCCSNc1ccc2[nH]c(C)c(C)c2c1. The molecule has 17 heavy (non-hydrogen) atoms. The zero-order valence-corrected chi connectivity index (χ0v) is 11.6. The van der Waals surface area contributed by atoms with Crippen LogP contribution in [0.3, 0.4) is 0 Å². The van der Waals surface area contributed by atoms with E-state index in [1.165, 1.54) is 46.4 Å². The Morgan fingerprint density at radius 2 is 2.12 bits per heavy atom. The summed E-state index contributed by atoms with van der Waals surface area (Å²) in [5.41, 5.74) is 5.03. The lowest BCUT2D eigenvalue weighted by molar-refractivity contribution is 0.897. The van der Waals surface area contributed by atoms with Crippen LogP contribution < -0.4 is 4.72 Å². The summed E-state index contributed by atoms with van der Waals surface area (Å²) in [6.07, 6.45) is 2.52. The molecule has 0 saturated carbocycles. The van der Waals surface area contributed by atoms with Gasteiger partial charge in [0, 0.05) is 28.0 Å². The van der Waals surface area contributed by atoms with Crippen molar-refractivity contribution in [2.45, 2.75) is 33.6 Å². The van der Waals surface area contributed by atoms with Gasteiger partial charge in [0.25, 0.3) is 0 Å². The van der Waals surface area contributed by atoms with Crippen LogP contribution in [0.1, 0.15) is 31.0 Å². The zero-order valence-electron chi connectivity index (χ0n) is 10.8. The molecule has 0 bridgehead atoms. The van der Waals surface area contributed by atoms with Crippen LogP contribution in [0.5, 0.6) is 0 Å². The third-order valence-corrected chi connectivity index (χ3v) is 3.97. The Balaban J connectivity index is 2.11. The van der Waals surface area contributed by atoms with Gasteiger partial charge in [0.1, 0.15) is 0 Å². The van der Waals surface area contributed by atoms with E-state index in [1.54, 1.807) is 11.9 Å². The molecular formula is C14H20N2S. The lowest BCUT2D eigenvalue weighted by Crippen LogP contribution is -1.89. The van der Waals surface area contributed by atoms with E-state index in [-0.39, 0.29) is 0 Å². The average Bonchev–Trinajstić information content (AvgIpc) is 2.61. The van der Waals surface area contributed by atoms with Gasteiger partial charge in [0.15, 0.2) is 0 Å². The van der Waals surface area contributed by atoms with Gasteiger partial charge in [-0.3, -0.25) is 0 Å². The standard InChI is InChI=1S/C14H20N2S/c1-4-5-8-17-16-12-6-7-14-13(9-12)10(2)11(3)15-14/h6-7,9,15-16H,4-5,8H2,1-3H3. The highest BCUT2D eigenvalue weighted by molar-refractivity contribution is 8.00. The molecule has 0 saturated heterocycles. The van der Waals surface area contributed by atoms with Crippen LogP contribution in [0.15, 0.2) is 18.2 Å². The maximum Gasteiger partial charge on any atom is 0.0460 e. The average molecular weight is 248 g/mol. The Hall–Kier alpha value is -1.09. The molecule has 0 amide bonds. The molecular weight excluding hydrogens is 228 g/mol. The van der Waals surface area contributed by atoms with Crippen molar-refractivity contribution in [3.63, 3.8) is 0 Å².